The van der Waals surface area contributed by atoms with Crippen LogP contribution in [0.15, 0.2) is 6.07 Å². The highest BCUT2D eigenvalue weighted by Gasteiger charge is 2.18. The maximum Gasteiger partial charge on any atom is 0.346 e. The van der Waals surface area contributed by atoms with Crippen LogP contribution in [-0.2, 0) is 0 Å². The SMILES string of the molecule is Cc1cc(NC(=O)N2CCCCC2)sc1C(=O)O. The van der Waals surface area contributed by atoms with Crippen LogP contribution in [0, 0.1) is 6.92 Å². The summed E-state index contributed by atoms with van der Waals surface area (Å²) in [6.07, 6.45) is 3.25. The van der Waals surface area contributed by atoms with Gasteiger partial charge in [0.25, 0.3) is 0 Å². The van der Waals surface area contributed by atoms with Crippen LogP contribution in [0.5, 0.6) is 0 Å². The molecule has 0 unspecified atom stereocenters. The Morgan fingerprint density at radius 1 is 1.33 bits per heavy atom. The van der Waals surface area contributed by atoms with Crippen LogP contribution in [0.1, 0.15) is 34.5 Å². The predicted molar refractivity (Wildman–Crippen MR) is 70.5 cm³/mol. The first-order valence-corrected chi connectivity index (χ1v) is 6.79. The summed E-state index contributed by atoms with van der Waals surface area (Å²) in [6.45, 7) is 3.29. The quantitative estimate of drug-likeness (QED) is 0.866. The number of carbonyl (C=O) groups is 2. The van der Waals surface area contributed by atoms with E-state index in [0.29, 0.717) is 10.6 Å². The van der Waals surface area contributed by atoms with E-state index in [1.165, 1.54) is 6.42 Å². The summed E-state index contributed by atoms with van der Waals surface area (Å²) < 4.78 is 0. The molecule has 0 saturated carbocycles. The maximum absolute atomic E-state index is 11.9. The monoisotopic (exact) mass is 268 g/mol. The first kappa shape index (κ1) is 12.9. The van der Waals surface area contributed by atoms with Gasteiger partial charge in [-0.2, -0.15) is 0 Å². The molecule has 1 aromatic rings. The largest absolute Gasteiger partial charge is 0.477 e. The Hall–Kier alpha value is -1.56. The second kappa shape index (κ2) is 5.39. The molecule has 5 nitrogen and oxygen atoms in total. The number of urea groups is 1. The number of aromatic carboxylic acids is 1. The van der Waals surface area contributed by atoms with Crippen molar-refractivity contribution in [1.82, 2.24) is 4.90 Å². The number of carboxylic acid groups (broad SMARTS) is 1. The second-order valence-electron chi connectivity index (χ2n) is 4.41. The van der Waals surface area contributed by atoms with Gasteiger partial charge in [-0.1, -0.05) is 0 Å². The average Bonchev–Trinajstić information content (AvgIpc) is 2.71. The maximum atomic E-state index is 11.9. The second-order valence-corrected chi connectivity index (χ2v) is 5.46. The molecule has 2 amide bonds. The zero-order valence-corrected chi connectivity index (χ0v) is 11.0. The van der Waals surface area contributed by atoms with Crippen molar-refractivity contribution in [3.63, 3.8) is 0 Å². The van der Waals surface area contributed by atoms with E-state index < -0.39 is 5.97 Å². The fourth-order valence-corrected chi connectivity index (χ4v) is 2.94. The lowest BCUT2D eigenvalue weighted by Crippen LogP contribution is -2.38. The van der Waals surface area contributed by atoms with Crippen molar-refractivity contribution >= 4 is 28.3 Å². The van der Waals surface area contributed by atoms with Crippen molar-refractivity contribution in [2.45, 2.75) is 26.2 Å². The van der Waals surface area contributed by atoms with Gasteiger partial charge in [0.1, 0.15) is 4.88 Å². The fourth-order valence-electron chi connectivity index (χ4n) is 2.04. The molecule has 0 bridgehead atoms. The number of carboxylic acids is 1. The average molecular weight is 268 g/mol. The Labute approximate surface area is 109 Å². The molecule has 0 aliphatic carbocycles. The molecule has 1 aliphatic rings. The van der Waals surface area contributed by atoms with Gasteiger partial charge in [0.15, 0.2) is 0 Å². The number of carbonyl (C=O) groups excluding carboxylic acids is 1. The van der Waals surface area contributed by atoms with Gasteiger partial charge in [0.2, 0.25) is 0 Å². The Morgan fingerprint density at radius 3 is 2.56 bits per heavy atom. The normalized spacial score (nSPS) is 15.5. The third-order valence-electron chi connectivity index (χ3n) is 2.99. The van der Waals surface area contributed by atoms with E-state index >= 15 is 0 Å². The number of nitrogens with one attached hydrogen (secondary N) is 1. The summed E-state index contributed by atoms with van der Waals surface area (Å²) in [5.74, 6) is -0.948. The first-order chi connectivity index (χ1) is 8.58. The molecule has 18 heavy (non-hydrogen) atoms. The lowest BCUT2D eigenvalue weighted by molar-refractivity contribution is 0.0701. The van der Waals surface area contributed by atoms with E-state index in [0.717, 1.165) is 37.3 Å². The summed E-state index contributed by atoms with van der Waals surface area (Å²) in [4.78, 5) is 24.9. The molecule has 1 aromatic heterocycles. The van der Waals surface area contributed by atoms with Crippen LogP contribution in [-0.4, -0.2) is 35.1 Å². The molecular formula is C12H16N2O3S. The van der Waals surface area contributed by atoms with Gasteiger partial charge in [0.05, 0.1) is 5.00 Å². The summed E-state index contributed by atoms with van der Waals surface area (Å²) >= 11 is 1.10. The van der Waals surface area contributed by atoms with Crippen LogP contribution in [0.3, 0.4) is 0 Å². The van der Waals surface area contributed by atoms with Crippen LogP contribution in [0.2, 0.25) is 0 Å². The van der Waals surface area contributed by atoms with Gasteiger partial charge in [0, 0.05) is 13.1 Å². The molecule has 2 heterocycles. The standard InChI is InChI=1S/C12H16N2O3S/c1-8-7-9(18-10(8)11(15)16)13-12(17)14-5-3-2-4-6-14/h7H,2-6H2,1H3,(H,13,17)(H,15,16). The first-order valence-electron chi connectivity index (χ1n) is 5.97. The van der Waals surface area contributed by atoms with Gasteiger partial charge in [-0.15, -0.1) is 11.3 Å². The van der Waals surface area contributed by atoms with Crippen LogP contribution >= 0.6 is 11.3 Å². The topological polar surface area (TPSA) is 69.6 Å². The molecule has 0 atom stereocenters. The number of aryl methyl sites for hydroxylation is 1. The highest BCUT2D eigenvalue weighted by molar-refractivity contribution is 7.18. The number of rotatable bonds is 2. The fraction of sp³-hybridized carbons (Fsp3) is 0.500. The lowest BCUT2D eigenvalue weighted by Gasteiger charge is -2.26. The number of hydrogen-bond acceptors (Lipinski definition) is 3. The summed E-state index contributed by atoms with van der Waals surface area (Å²) in [7, 11) is 0. The molecule has 98 valence electrons. The summed E-state index contributed by atoms with van der Waals surface area (Å²) in [6, 6.07) is 1.57. The van der Waals surface area contributed by atoms with Gasteiger partial charge >= 0.3 is 12.0 Å². The van der Waals surface area contributed by atoms with Crippen molar-refractivity contribution < 1.29 is 14.7 Å². The zero-order valence-electron chi connectivity index (χ0n) is 10.2. The Bertz CT molecular complexity index is 464. The number of piperidine rings is 1. The van der Waals surface area contributed by atoms with E-state index in [9.17, 15) is 9.59 Å². The molecule has 1 aliphatic heterocycles. The van der Waals surface area contributed by atoms with Gasteiger partial charge in [-0.25, -0.2) is 9.59 Å². The van der Waals surface area contributed by atoms with Gasteiger partial charge in [-0.05, 0) is 37.8 Å². The minimum atomic E-state index is -0.948. The minimum absolute atomic E-state index is 0.132. The molecular weight excluding hydrogens is 252 g/mol. The lowest BCUT2D eigenvalue weighted by atomic mass is 10.1. The Kier molecular flexibility index (Phi) is 3.86. The van der Waals surface area contributed by atoms with E-state index in [1.807, 2.05) is 0 Å². The Balaban J connectivity index is 2.02. The number of anilines is 1. The van der Waals surface area contributed by atoms with E-state index in [4.69, 9.17) is 5.11 Å². The number of nitrogens with zero attached hydrogens (tertiary/aromatic N) is 1. The number of thiophene rings is 1. The van der Waals surface area contributed by atoms with Crippen molar-refractivity contribution in [2.24, 2.45) is 0 Å². The third-order valence-corrected chi connectivity index (χ3v) is 4.13. The smallest absolute Gasteiger partial charge is 0.346 e. The summed E-state index contributed by atoms with van der Waals surface area (Å²) in [5, 5.41) is 12.3. The highest BCUT2D eigenvalue weighted by Crippen LogP contribution is 2.27. The van der Waals surface area contributed by atoms with Gasteiger partial charge in [-0.3, -0.25) is 5.32 Å². The number of likely N-dealkylation sites (tertiary alicyclic amines) is 1. The molecule has 0 spiro atoms. The summed E-state index contributed by atoms with van der Waals surface area (Å²) in [5.41, 5.74) is 0.682. The molecule has 0 aromatic carbocycles. The van der Waals surface area contributed by atoms with Gasteiger partial charge < -0.3 is 10.0 Å². The van der Waals surface area contributed by atoms with E-state index in [1.54, 1.807) is 17.9 Å². The molecule has 1 saturated heterocycles. The van der Waals surface area contributed by atoms with Crippen LogP contribution < -0.4 is 5.32 Å². The van der Waals surface area contributed by atoms with Crippen molar-refractivity contribution in [1.29, 1.82) is 0 Å². The minimum Gasteiger partial charge on any atom is -0.477 e. The van der Waals surface area contributed by atoms with Crippen molar-refractivity contribution in [3.05, 3.63) is 16.5 Å². The van der Waals surface area contributed by atoms with Crippen LogP contribution in [0.25, 0.3) is 0 Å². The Morgan fingerprint density at radius 2 is 2.00 bits per heavy atom. The zero-order chi connectivity index (χ0) is 13.1. The molecule has 0 radical (unpaired) electrons. The van der Waals surface area contributed by atoms with Crippen LogP contribution in [0.4, 0.5) is 9.80 Å². The third kappa shape index (κ3) is 2.81. The van der Waals surface area contributed by atoms with Crippen molar-refractivity contribution in [3.8, 4) is 0 Å². The molecule has 2 N–H and O–H groups in total. The van der Waals surface area contributed by atoms with Crippen molar-refractivity contribution in [2.75, 3.05) is 18.4 Å². The molecule has 1 fully saturated rings. The number of hydrogen-bond donors (Lipinski definition) is 2. The number of amides is 2. The highest BCUT2D eigenvalue weighted by atomic mass is 32.1. The van der Waals surface area contributed by atoms with E-state index in [-0.39, 0.29) is 10.9 Å². The molecule has 6 heteroatoms. The predicted octanol–water partition coefficient (Wildman–Crippen LogP) is 2.77. The van der Waals surface area contributed by atoms with E-state index in [2.05, 4.69) is 5.32 Å². The molecule has 2 rings (SSSR count).